The summed E-state index contributed by atoms with van der Waals surface area (Å²) in [4.78, 5) is 0. The van der Waals surface area contributed by atoms with E-state index in [1.807, 2.05) is 13.8 Å². The number of hydrogen-bond acceptors (Lipinski definition) is 2. The lowest BCUT2D eigenvalue weighted by Gasteiger charge is -2.15. The van der Waals surface area contributed by atoms with Crippen LogP contribution in [-0.2, 0) is 6.42 Å². The Bertz CT molecular complexity index is 339. The number of likely N-dealkylation sites (N-methyl/N-ethyl adjacent to an activating group) is 1. The first-order valence-electron chi connectivity index (χ1n) is 5.21. The normalized spacial score (nSPS) is 12.9. The van der Waals surface area contributed by atoms with Gasteiger partial charge < -0.3 is 10.4 Å². The summed E-state index contributed by atoms with van der Waals surface area (Å²) in [5.74, 6) is -0.185. The summed E-state index contributed by atoms with van der Waals surface area (Å²) in [6.07, 6.45) is 0.0756. The molecule has 0 fully saturated rings. The minimum Gasteiger partial charge on any atom is -0.387 e. The van der Waals surface area contributed by atoms with Gasteiger partial charge in [-0.2, -0.15) is 0 Å². The molecule has 2 N–H and O–H groups in total. The highest BCUT2D eigenvalue weighted by Gasteiger charge is 2.12. The van der Waals surface area contributed by atoms with Gasteiger partial charge in [-0.1, -0.05) is 6.92 Å². The molecule has 0 aliphatic rings. The van der Waals surface area contributed by atoms with Crippen molar-refractivity contribution in [2.24, 2.45) is 0 Å². The van der Waals surface area contributed by atoms with Crippen LogP contribution in [0.5, 0.6) is 0 Å². The summed E-state index contributed by atoms with van der Waals surface area (Å²) in [6.45, 7) is 4.20. The van der Waals surface area contributed by atoms with E-state index in [0.717, 1.165) is 11.1 Å². The zero-order valence-corrected chi connectivity index (χ0v) is 9.47. The Morgan fingerprint density at radius 1 is 1.47 bits per heavy atom. The van der Waals surface area contributed by atoms with Gasteiger partial charge in [-0.05, 0) is 49.2 Å². The molecule has 0 spiro atoms. The second-order valence-corrected chi connectivity index (χ2v) is 3.73. The molecule has 0 bridgehead atoms. The average molecular weight is 211 g/mol. The Morgan fingerprint density at radius 2 is 2.13 bits per heavy atom. The molecule has 1 aromatic rings. The average Bonchev–Trinajstić information content (AvgIpc) is 2.18. The summed E-state index contributed by atoms with van der Waals surface area (Å²) in [6, 6.07) is 3.25. The lowest BCUT2D eigenvalue weighted by molar-refractivity contribution is 0.177. The van der Waals surface area contributed by atoms with Crippen LogP contribution in [-0.4, -0.2) is 18.7 Å². The van der Waals surface area contributed by atoms with Crippen LogP contribution in [0.4, 0.5) is 4.39 Å². The van der Waals surface area contributed by atoms with Crippen molar-refractivity contribution >= 4 is 0 Å². The Hall–Kier alpha value is -0.930. The molecule has 1 unspecified atom stereocenters. The van der Waals surface area contributed by atoms with Gasteiger partial charge in [-0.3, -0.25) is 0 Å². The standard InChI is InChI=1S/C12H18FNO/c1-4-9-6-10(12(15)7-14-3)8(2)5-11(9)13/h5-6,12,14-15H,4,7H2,1-3H3. The Kier molecular flexibility index (Phi) is 4.24. The van der Waals surface area contributed by atoms with Gasteiger partial charge in [0.05, 0.1) is 6.10 Å². The molecule has 0 aliphatic carbocycles. The van der Waals surface area contributed by atoms with E-state index in [9.17, 15) is 9.50 Å². The molecule has 0 radical (unpaired) electrons. The second-order valence-electron chi connectivity index (χ2n) is 3.73. The first-order chi connectivity index (χ1) is 7.10. The van der Waals surface area contributed by atoms with E-state index >= 15 is 0 Å². The first kappa shape index (κ1) is 12.1. The molecule has 2 nitrogen and oxygen atoms in total. The molecule has 84 valence electrons. The van der Waals surface area contributed by atoms with Crippen LogP contribution in [0.25, 0.3) is 0 Å². The van der Waals surface area contributed by atoms with Crippen LogP contribution in [0.1, 0.15) is 29.7 Å². The van der Waals surface area contributed by atoms with Crippen LogP contribution >= 0.6 is 0 Å². The number of hydrogen-bond donors (Lipinski definition) is 2. The Labute approximate surface area is 90.1 Å². The van der Waals surface area contributed by atoms with Crippen molar-refractivity contribution in [1.82, 2.24) is 5.32 Å². The largest absolute Gasteiger partial charge is 0.387 e. The van der Waals surface area contributed by atoms with Gasteiger partial charge >= 0.3 is 0 Å². The Balaban J connectivity index is 3.06. The maximum atomic E-state index is 13.4. The van der Waals surface area contributed by atoms with Crippen molar-refractivity contribution in [3.05, 3.63) is 34.6 Å². The second kappa shape index (κ2) is 5.24. The Morgan fingerprint density at radius 3 is 2.67 bits per heavy atom. The highest BCUT2D eigenvalue weighted by atomic mass is 19.1. The molecule has 1 atom stereocenters. The van der Waals surface area contributed by atoms with Gasteiger partial charge in [0.1, 0.15) is 5.82 Å². The molecular weight excluding hydrogens is 193 g/mol. The number of nitrogens with one attached hydrogen (secondary N) is 1. The third-order valence-corrected chi connectivity index (χ3v) is 2.57. The summed E-state index contributed by atoms with van der Waals surface area (Å²) in [7, 11) is 1.78. The minimum absolute atomic E-state index is 0.185. The number of aliphatic hydroxyl groups excluding tert-OH is 1. The van der Waals surface area contributed by atoms with E-state index in [4.69, 9.17) is 0 Å². The lowest BCUT2D eigenvalue weighted by Crippen LogP contribution is -2.17. The fourth-order valence-corrected chi connectivity index (χ4v) is 1.67. The number of halogens is 1. The highest BCUT2D eigenvalue weighted by Crippen LogP contribution is 2.21. The lowest BCUT2D eigenvalue weighted by atomic mass is 9.98. The number of aryl methyl sites for hydroxylation is 2. The molecule has 0 saturated heterocycles. The number of rotatable bonds is 4. The monoisotopic (exact) mass is 211 g/mol. The summed E-state index contributed by atoms with van der Waals surface area (Å²) in [5, 5.41) is 12.7. The van der Waals surface area contributed by atoms with Crippen LogP contribution in [0, 0.1) is 12.7 Å². The molecule has 3 heteroatoms. The van der Waals surface area contributed by atoms with Gasteiger partial charge in [0.2, 0.25) is 0 Å². The minimum atomic E-state index is -0.569. The van der Waals surface area contributed by atoms with Crippen molar-refractivity contribution in [1.29, 1.82) is 0 Å². The van der Waals surface area contributed by atoms with E-state index in [1.54, 1.807) is 13.1 Å². The van der Waals surface area contributed by atoms with Gasteiger partial charge in [-0.25, -0.2) is 4.39 Å². The number of aliphatic hydroxyl groups is 1. The van der Waals surface area contributed by atoms with Gasteiger partial charge in [0.25, 0.3) is 0 Å². The quantitative estimate of drug-likeness (QED) is 0.797. The zero-order valence-electron chi connectivity index (χ0n) is 9.47. The molecule has 15 heavy (non-hydrogen) atoms. The predicted molar refractivity (Wildman–Crippen MR) is 59.4 cm³/mol. The molecule has 0 aliphatic heterocycles. The number of benzene rings is 1. The van der Waals surface area contributed by atoms with Crippen LogP contribution in [0.2, 0.25) is 0 Å². The highest BCUT2D eigenvalue weighted by molar-refractivity contribution is 5.34. The van der Waals surface area contributed by atoms with E-state index in [-0.39, 0.29) is 5.82 Å². The smallest absolute Gasteiger partial charge is 0.126 e. The van der Waals surface area contributed by atoms with E-state index in [1.165, 1.54) is 6.07 Å². The summed E-state index contributed by atoms with van der Waals surface area (Å²) in [5.41, 5.74) is 2.26. The van der Waals surface area contributed by atoms with Crippen LogP contribution in [0.3, 0.4) is 0 Å². The predicted octanol–water partition coefficient (Wildman–Crippen LogP) is 1.95. The maximum absolute atomic E-state index is 13.4. The van der Waals surface area contributed by atoms with E-state index in [0.29, 0.717) is 18.5 Å². The first-order valence-corrected chi connectivity index (χ1v) is 5.21. The van der Waals surface area contributed by atoms with E-state index < -0.39 is 6.10 Å². The molecule has 0 saturated carbocycles. The van der Waals surface area contributed by atoms with Gasteiger partial charge in [-0.15, -0.1) is 0 Å². The third-order valence-electron chi connectivity index (χ3n) is 2.57. The van der Waals surface area contributed by atoms with Gasteiger partial charge in [0, 0.05) is 6.54 Å². The molecular formula is C12H18FNO. The van der Waals surface area contributed by atoms with Crippen molar-refractivity contribution in [3.63, 3.8) is 0 Å². The summed E-state index contributed by atoms with van der Waals surface area (Å²) < 4.78 is 13.4. The summed E-state index contributed by atoms with van der Waals surface area (Å²) >= 11 is 0. The molecule has 0 heterocycles. The third kappa shape index (κ3) is 2.76. The van der Waals surface area contributed by atoms with Crippen molar-refractivity contribution < 1.29 is 9.50 Å². The van der Waals surface area contributed by atoms with Crippen molar-refractivity contribution in [2.75, 3.05) is 13.6 Å². The maximum Gasteiger partial charge on any atom is 0.126 e. The fraction of sp³-hybridized carbons (Fsp3) is 0.500. The molecule has 0 aromatic heterocycles. The topological polar surface area (TPSA) is 32.3 Å². The van der Waals surface area contributed by atoms with Crippen molar-refractivity contribution in [3.8, 4) is 0 Å². The molecule has 1 aromatic carbocycles. The van der Waals surface area contributed by atoms with Gasteiger partial charge in [0.15, 0.2) is 0 Å². The van der Waals surface area contributed by atoms with E-state index in [2.05, 4.69) is 5.32 Å². The SMILES string of the molecule is CCc1cc(C(O)CNC)c(C)cc1F. The fourth-order valence-electron chi connectivity index (χ4n) is 1.67. The zero-order chi connectivity index (χ0) is 11.4. The molecule has 0 amide bonds. The van der Waals surface area contributed by atoms with Crippen LogP contribution < -0.4 is 5.32 Å². The van der Waals surface area contributed by atoms with Crippen molar-refractivity contribution in [2.45, 2.75) is 26.4 Å². The van der Waals surface area contributed by atoms with Crippen LogP contribution in [0.15, 0.2) is 12.1 Å². The molecule has 1 rings (SSSR count).